The summed E-state index contributed by atoms with van der Waals surface area (Å²) in [5, 5.41) is 18.9. The van der Waals surface area contributed by atoms with Gasteiger partial charge in [-0.3, -0.25) is 4.79 Å². The van der Waals surface area contributed by atoms with E-state index in [1.54, 1.807) is 0 Å². The van der Waals surface area contributed by atoms with Crippen molar-refractivity contribution in [3.8, 4) is 12.3 Å². The molecule has 1 saturated heterocycles. The summed E-state index contributed by atoms with van der Waals surface area (Å²) >= 11 is 0. The van der Waals surface area contributed by atoms with Crippen LogP contribution in [0.3, 0.4) is 0 Å². The van der Waals surface area contributed by atoms with Crippen molar-refractivity contribution < 1.29 is 14.7 Å². The summed E-state index contributed by atoms with van der Waals surface area (Å²) in [5.74, 6) is 4.92. The van der Waals surface area contributed by atoms with Crippen LogP contribution in [0.2, 0.25) is 0 Å². The van der Waals surface area contributed by atoms with Crippen LogP contribution in [0.1, 0.15) is 97.5 Å². The Morgan fingerprint density at radius 2 is 1.87 bits per heavy atom. The molecular formula is C39H55N3O3. The van der Waals surface area contributed by atoms with Gasteiger partial charge in [0.1, 0.15) is 5.60 Å². The highest BCUT2D eigenvalue weighted by atomic mass is 16.6. The number of nitrogens with one attached hydrogen (secondary N) is 1. The number of nitrogens with zero attached hydrogens (tertiary/aromatic N) is 2. The molecule has 6 heteroatoms. The number of oxime groups is 1. The van der Waals surface area contributed by atoms with E-state index in [1.165, 1.54) is 11.1 Å². The van der Waals surface area contributed by atoms with E-state index in [-0.39, 0.29) is 28.8 Å². The van der Waals surface area contributed by atoms with Crippen LogP contribution in [-0.4, -0.2) is 60.0 Å². The number of carbonyl (C=O) groups excluding carboxylic acids is 1. The van der Waals surface area contributed by atoms with E-state index in [9.17, 15) is 9.90 Å². The first-order chi connectivity index (χ1) is 21.5. The number of amides is 1. The fraction of sp³-hybridized carbons (Fsp3) is 0.692. The monoisotopic (exact) mass is 613 g/mol. The third-order valence-electron chi connectivity index (χ3n) is 13.9. The molecule has 6 rings (SSSR count). The first-order valence-electron chi connectivity index (χ1n) is 17.6. The third-order valence-corrected chi connectivity index (χ3v) is 13.9. The van der Waals surface area contributed by atoms with Crippen LogP contribution in [0, 0.1) is 46.8 Å². The number of benzene rings is 1. The maximum atomic E-state index is 12.8. The molecule has 1 heterocycles. The fourth-order valence-corrected chi connectivity index (χ4v) is 10.9. The van der Waals surface area contributed by atoms with Crippen molar-refractivity contribution in [2.24, 2.45) is 39.7 Å². The smallest absolute Gasteiger partial charge is 0.260 e. The summed E-state index contributed by atoms with van der Waals surface area (Å²) in [6.45, 7) is 11.0. The number of terminal acetylenes is 1. The minimum Gasteiger partial charge on any atom is -0.385 e. The van der Waals surface area contributed by atoms with Gasteiger partial charge in [-0.1, -0.05) is 67.8 Å². The minimum absolute atomic E-state index is 0.0404. The molecule has 1 aromatic rings. The van der Waals surface area contributed by atoms with Gasteiger partial charge in [0.2, 0.25) is 0 Å². The van der Waals surface area contributed by atoms with Gasteiger partial charge < -0.3 is 20.2 Å². The van der Waals surface area contributed by atoms with Gasteiger partial charge in [-0.05, 0) is 119 Å². The molecule has 0 aromatic heterocycles. The van der Waals surface area contributed by atoms with E-state index in [0.29, 0.717) is 36.3 Å². The summed E-state index contributed by atoms with van der Waals surface area (Å²) in [5.41, 5.74) is 2.90. The van der Waals surface area contributed by atoms with Crippen molar-refractivity contribution in [3.05, 3.63) is 47.5 Å². The molecule has 4 aliphatic carbocycles. The van der Waals surface area contributed by atoms with Gasteiger partial charge in [0, 0.05) is 30.0 Å². The molecule has 0 spiro atoms. The Bertz CT molecular complexity index is 1370. The number of hydrogen-bond acceptors (Lipinski definition) is 5. The number of aliphatic hydroxyl groups is 1. The zero-order valence-electron chi connectivity index (χ0n) is 28.3. The second-order valence-corrected chi connectivity index (χ2v) is 15.9. The molecule has 5 aliphatic rings. The highest BCUT2D eigenvalue weighted by Gasteiger charge is 2.63. The van der Waals surface area contributed by atoms with Crippen molar-refractivity contribution in [2.75, 3.05) is 26.7 Å². The maximum absolute atomic E-state index is 12.8. The lowest BCUT2D eigenvalue weighted by molar-refractivity contribution is -0.125. The summed E-state index contributed by atoms with van der Waals surface area (Å²) in [4.78, 5) is 20.9. The molecule has 45 heavy (non-hydrogen) atoms. The van der Waals surface area contributed by atoms with Gasteiger partial charge in [0.05, 0.1) is 5.71 Å². The molecule has 0 radical (unpaired) electrons. The van der Waals surface area contributed by atoms with Crippen molar-refractivity contribution in [1.82, 2.24) is 10.2 Å². The molecule has 0 bridgehead atoms. The number of carbonyl (C=O) groups is 1. The molecular weight excluding hydrogens is 558 g/mol. The molecule has 1 amide bonds. The maximum Gasteiger partial charge on any atom is 0.260 e. The molecule has 1 aromatic carbocycles. The predicted octanol–water partition coefficient (Wildman–Crippen LogP) is 6.49. The minimum atomic E-state index is -0.955. The number of fused-ring (bicyclic) bond motifs is 5. The fourth-order valence-electron chi connectivity index (χ4n) is 10.9. The van der Waals surface area contributed by atoms with Gasteiger partial charge >= 0.3 is 0 Å². The van der Waals surface area contributed by atoms with E-state index >= 15 is 0 Å². The van der Waals surface area contributed by atoms with Gasteiger partial charge in [-0.2, -0.15) is 0 Å². The van der Waals surface area contributed by atoms with E-state index in [1.807, 2.05) is 0 Å². The van der Waals surface area contributed by atoms with Gasteiger partial charge in [0.15, 0.2) is 6.61 Å². The summed E-state index contributed by atoms with van der Waals surface area (Å²) in [6, 6.07) is 11.3. The molecule has 9 atom stereocenters. The van der Waals surface area contributed by atoms with Crippen LogP contribution in [0.25, 0.3) is 0 Å². The SMILES string of the molecule is C#C[C@]1(O)CC[C@H]2[C@@H]3CCC4=C/C(=N/OCC(=O)NCC[C@@]5(c6ccccc6)C[C@H](C)N(C)C[C@H]5C)CC[C@]4(C)[C@H]3CC[C@@]21C. The Labute approximate surface area is 271 Å². The van der Waals surface area contributed by atoms with Crippen LogP contribution >= 0.6 is 0 Å². The lowest BCUT2D eigenvalue weighted by Gasteiger charge is -2.58. The topological polar surface area (TPSA) is 74.2 Å². The highest BCUT2D eigenvalue weighted by Crippen LogP contribution is 2.67. The molecule has 0 unspecified atom stereocenters. The van der Waals surface area contributed by atoms with E-state index in [2.05, 4.69) is 92.4 Å². The van der Waals surface area contributed by atoms with Crippen LogP contribution in [-0.2, 0) is 15.0 Å². The average Bonchev–Trinajstić information content (AvgIpc) is 3.31. The van der Waals surface area contributed by atoms with Gasteiger partial charge in [0.25, 0.3) is 5.91 Å². The van der Waals surface area contributed by atoms with E-state index < -0.39 is 5.60 Å². The molecule has 2 N–H and O–H groups in total. The second kappa shape index (κ2) is 12.2. The molecule has 3 saturated carbocycles. The van der Waals surface area contributed by atoms with Crippen molar-refractivity contribution in [2.45, 2.75) is 109 Å². The molecule has 1 aliphatic heterocycles. The largest absolute Gasteiger partial charge is 0.385 e. The van der Waals surface area contributed by atoms with Gasteiger partial charge in [-0.25, -0.2) is 0 Å². The zero-order valence-corrected chi connectivity index (χ0v) is 28.3. The second-order valence-electron chi connectivity index (χ2n) is 15.9. The molecule has 6 nitrogen and oxygen atoms in total. The van der Waals surface area contributed by atoms with E-state index in [0.717, 1.165) is 76.5 Å². The van der Waals surface area contributed by atoms with Crippen LogP contribution < -0.4 is 5.32 Å². The lowest BCUT2D eigenvalue weighted by atomic mass is 9.46. The first-order valence-corrected chi connectivity index (χ1v) is 17.6. The average molecular weight is 614 g/mol. The number of rotatable bonds is 7. The molecule has 244 valence electrons. The Morgan fingerprint density at radius 3 is 2.62 bits per heavy atom. The molecule has 4 fully saturated rings. The number of likely N-dealkylation sites (tertiary alicyclic amines) is 1. The third kappa shape index (κ3) is 5.46. The van der Waals surface area contributed by atoms with Crippen LogP contribution in [0.4, 0.5) is 0 Å². The summed E-state index contributed by atoms with van der Waals surface area (Å²) in [6.07, 6.45) is 18.2. The van der Waals surface area contributed by atoms with E-state index in [4.69, 9.17) is 11.3 Å². The standard InChI is InChI=1S/C39H55N3O3/c1-7-39(44)20-17-34-32-14-13-30-23-31(15-18-36(30,4)33(32)16-19-37(34,39)5)41-45-26-35(43)40-22-21-38(29-11-9-8-10-12-29)24-28(3)42(6)25-27(38)2/h1,8-12,23,27-28,32-34,44H,13-22,24-26H2,2-6H3,(H,40,43)/b41-31+/t27-,28+,32-,33+,34+,36+,37+,38-,39+/m1/s1. The predicted molar refractivity (Wildman–Crippen MR) is 180 cm³/mol. The Balaban J connectivity index is 1.04. The number of hydrogen-bond donors (Lipinski definition) is 2. The van der Waals surface area contributed by atoms with Crippen molar-refractivity contribution >= 4 is 11.6 Å². The lowest BCUT2D eigenvalue weighted by Crippen LogP contribution is -2.54. The number of piperidine rings is 1. The summed E-state index contributed by atoms with van der Waals surface area (Å²) in [7, 11) is 2.21. The summed E-state index contributed by atoms with van der Waals surface area (Å²) < 4.78 is 0. The first kappa shape index (κ1) is 32.3. The Kier molecular flexibility index (Phi) is 8.76. The van der Waals surface area contributed by atoms with Crippen LogP contribution in [0.15, 0.2) is 47.1 Å². The quantitative estimate of drug-likeness (QED) is 0.272. The Hall–Kier alpha value is -2.62. The zero-order chi connectivity index (χ0) is 32.0. The van der Waals surface area contributed by atoms with Gasteiger partial charge in [-0.15, -0.1) is 6.42 Å². The van der Waals surface area contributed by atoms with Crippen molar-refractivity contribution in [3.63, 3.8) is 0 Å². The highest BCUT2D eigenvalue weighted by molar-refractivity contribution is 5.96. The van der Waals surface area contributed by atoms with Crippen molar-refractivity contribution in [1.29, 1.82) is 0 Å². The van der Waals surface area contributed by atoms with Crippen LogP contribution in [0.5, 0.6) is 0 Å². The Morgan fingerprint density at radius 1 is 1.11 bits per heavy atom. The normalized spacial score (nSPS) is 42.1. The number of allylic oxidation sites excluding steroid dienone is 2.